The lowest BCUT2D eigenvalue weighted by Gasteiger charge is -2.17. The summed E-state index contributed by atoms with van der Waals surface area (Å²) in [4.78, 5) is 8.24. The molecule has 0 aliphatic carbocycles. The molecule has 24 heavy (non-hydrogen) atoms. The molecule has 4 rings (SSSR count). The van der Waals surface area contributed by atoms with Gasteiger partial charge in [0.2, 0.25) is 0 Å². The molecule has 0 bridgehead atoms. The minimum absolute atomic E-state index is 0.273. The Balaban J connectivity index is 1.90. The van der Waals surface area contributed by atoms with Crippen molar-refractivity contribution in [2.75, 3.05) is 12.3 Å². The molecule has 6 N–H and O–H groups in total. The number of nitrogens with two attached hydrogens (primary N) is 1. The molecule has 0 spiro atoms. The number of anilines is 1. The number of aliphatic hydroxyl groups is 3. The molecule has 0 amide bonds. The molecule has 1 fully saturated rings. The summed E-state index contributed by atoms with van der Waals surface area (Å²) < 4.78 is 7.16. The van der Waals surface area contributed by atoms with Gasteiger partial charge in [-0.3, -0.25) is 5.10 Å². The number of fused-ring (bicyclic) bond motifs is 1. The average Bonchev–Trinajstić information content (AvgIpc) is 3.28. The summed E-state index contributed by atoms with van der Waals surface area (Å²) in [6.45, 7) is -0.404. The van der Waals surface area contributed by atoms with E-state index >= 15 is 0 Å². The number of aliphatic hydroxyl groups excluding tert-OH is 3. The van der Waals surface area contributed by atoms with Crippen molar-refractivity contribution < 1.29 is 20.1 Å². The van der Waals surface area contributed by atoms with E-state index in [1.165, 1.54) is 6.33 Å². The highest BCUT2D eigenvalue weighted by Crippen LogP contribution is 2.37. The van der Waals surface area contributed by atoms with Gasteiger partial charge in [0.15, 0.2) is 6.23 Å². The molecule has 0 unspecified atom stereocenters. The van der Waals surface area contributed by atoms with E-state index in [-0.39, 0.29) is 5.82 Å². The van der Waals surface area contributed by atoms with E-state index < -0.39 is 31.1 Å². The van der Waals surface area contributed by atoms with Crippen LogP contribution >= 0.6 is 0 Å². The monoisotopic (exact) mass is 332 g/mol. The van der Waals surface area contributed by atoms with Crippen LogP contribution in [0.1, 0.15) is 6.23 Å². The molecule has 1 aliphatic rings. The lowest BCUT2D eigenvalue weighted by Crippen LogP contribution is -2.33. The number of nitrogens with zero attached hydrogens (tertiary/aromatic N) is 4. The van der Waals surface area contributed by atoms with Crippen LogP contribution in [0.4, 0.5) is 5.82 Å². The zero-order valence-electron chi connectivity index (χ0n) is 12.4. The second-order valence-electron chi connectivity index (χ2n) is 5.61. The zero-order valence-corrected chi connectivity index (χ0v) is 12.4. The third-order valence-electron chi connectivity index (χ3n) is 4.22. The molecule has 3 aromatic rings. The van der Waals surface area contributed by atoms with E-state index in [1.54, 1.807) is 23.0 Å². The molecule has 1 saturated heterocycles. The van der Waals surface area contributed by atoms with E-state index in [2.05, 4.69) is 20.2 Å². The van der Waals surface area contributed by atoms with Crippen LogP contribution in [0.3, 0.4) is 0 Å². The number of nitrogens with one attached hydrogen (secondary N) is 1. The third kappa shape index (κ3) is 2.08. The zero-order chi connectivity index (χ0) is 16.8. The number of aromatic nitrogens is 5. The van der Waals surface area contributed by atoms with Gasteiger partial charge in [0.1, 0.15) is 36.1 Å². The number of hydrogen-bond donors (Lipinski definition) is 5. The molecular formula is C14H16N6O4. The maximum absolute atomic E-state index is 10.3. The highest BCUT2D eigenvalue weighted by atomic mass is 16.6. The molecule has 0 aromatic carbocycles. The quantitative estimate of drug-likeness (QED) is 0.409. The van der Waals surface area contributed by atoms with Gasteiger partial charge < -0.3 is 30.4 Å². The summed E-state index contributed by atoms with van der Waals surface area (Å²) in [6.07, 6.45) is 0.402. The number of nitrogen functional groups attached to an aromatic ring is 1. The number of ether oxygens (including phenoxy) is 1. The van der Waals surface area contributed by atoms with Gasteiger partial charge in [0.25, 0.3) is 0 Å². The van der Waals surface area contributed by atoms with Gasteiger partial charge in [0.05, 0.1) is 17.7 Å². The van der Waals surface area contributed by atoms with Crippen LogP contribution in [0, 0.1) is 0 Å². The van der Waals surface area contributed by atoms with Gasteiger partial charge >= 0.3 is 0 Å². The molecule has 10 nitrogen and oxygen atoms in total. The minimum Gasteiger partial charge on any atom is -0.394 e. The first kappa shape index (κ1) is 15.0. The Morgan fingerprint density at radius 2 is 2.12 bits per heavy atom. The summed E-state index contributed by atoms with van der Waals surface area (Å²) >= 11 is 0. The molecule has 4 atom stereocenters. The van der Waals surface area contributed by atoms with Crippen LogP contribution in [-0.2, 0) is 4.74 Å². The van der Waals surface area contributed by atoms with Gasteiger partial charge in [0, 0.05) is 18.0 Å². The van der Waals surface area contributed by atoms with Crippen molar-refractivity contribution in [3.8, 4) is 11.3 Å². The van der Waals surface area contributed by atoms with Gasteiger partial charge in [-0.2, -0.15) is 5.10 Å². The van der Waals surface area contributed by atoms with Crippen molar-refractivity contribution in [3.63, 3.8) is 0 Å². The Hall–Kier alpha value is -2.53. The van der Waals surface area contributed by atoms with Crippen LogP contribution in [-0.4, -0.2) is 65.0 Å². The SMILES string of the molecule is Nc1ncnc2c1c(-c1ccn[nH]1)cn2[C@@H]1O[C@H](CO)[C@@H](O)[C@H]1O. The number of H-pyrrole nitrogens is 1. The lowest BCUT2D eigenvalue weighted by molar-refractivity contribution is -0.0508. The first-order chi connectivity index (χ1) is 11.6. The smallest absolute Gasteiger partial charge is 0.164 e. The fraction of sp³-hybridized carbons (Fsp3) is 0.357. The van der Waals surface area contributed by atoms with E-state index in [0.717, 1.165) is 0 Å². The number of rotatable bonds is 3. The second-order valence-corrected chi connectivity index (χ2v) is 5.61. The Bertz CT molecular complexity index is 864. The van der Waals surface area contributed by atoms with E-state index in [0.29, 0.717) is 22.3 Å². The fourth-order valence-corrected chi connectivity index (χ4v) is 3.02. The summed E-state index contributed by atoms with van der Waals surface area (Å²) in [7, 11) is 0. The predicted molar refractivity (Wildman–Crippen MR) is 82.5 cm³/mol. The fourth-order valence-electron chi connectivity index (χ4n) is 3.02. The average molecular weight is 332 g/mol. The van der Waals surface area contributed by atoms with Gasteiger partial charge in [-0.05, 0) is 6.07 Å². The summed E-state index contributed by atoms with van der Waals surface area (Å²) in [5.41, 5.74) is 7.84. The van der Waals surface area contributed by atoms with Crippen LogP contribution in [0.25, 0.3) is 22.3 Å². The molecule has 0 saturated carbocycles. The van der Waals surface area contributed by atoms with E-state index in [9.17, 15) is 15.3 Å². The summed E-state index contributed by atoms with van der Waals surface area (Å²) in [6, 6.07) is 1.77. The normalized spacial score (nSPS) is 27.1. The Morgan fingerprint density at radius 3 is 2.79 bits per heavy atom. The topological polar surface area (TPSA) is 155 Å². The first-order valence-electron chi connectivity index (χ1n) is 7.35. The minimum atomic E-state index is -1.22. The Labute approximate surface area is 135 Å². The Kier molecular flexibility index (Phi) is 3.46. The molecule has 126 valence electrons. The predicted octanol–water partition coefficient (Wildman–Crippen LogP) is -0.985. The highest BCUT2D eigenvalue weighted by molar-refractivity contribution is 5.99. The summed E-state index contributed by atoms with van der Waals surface area (Å²) in [5, 5.41) is 36.9. The molecular weight excluding hydrogens is 316 g/mol. The Morgan fingerprint density at radius 1 is 1.29 bits per heavy atom. The second kappa shape index (κ2) is 5.53. The van der Waals surface area contributed by atoms with Gasteiger partial charge in [-0.25, -0.2) is 9.97 Å². The molecule has 10 heteroatoms. The van der Waals surface area contributed by atoms with Crippen LogP contribution in [0.15, 0.2) is 24.8 Å². The van der Waals surface area contributed by atoms with Gasteiger partial charge in [-0.1, -0.05) is 0 Å². The highest BCUT2D eigenvalue weighted by Gasteiger charge is 2.44. The maximum Gasteiger partial charge on any atom is 0.164 e. The van der Waals surface area contributed by atoms with Crippen LogP contribution in [0.5, 0.6) is 0 Å². The number of hydrogen-bond acceptors (Lipinski definition) is 8. The van der Waals surface area contributed by atoms with Crippen molar-refractivity contribution >= 4 is 16.9 Å². The van der Waals surface area contributed by atoms with Crippen molar-refractivity contribution in [3.05, 3.63) is 24.8 Å². The third-order valence-corrected chi connectivity index (χ3v) is 4.22. The van der Waals surface area contributed by atoms with Gasteiger partial charge in [-0.15, -0.1) is 0 Å². The van der Waals surface area contributed by atoms with E-state index in [1.807, 2.05) is 0 Å². The first-order valence-corrected chi connectivity index (χ1v) is 7.35. The van der Waals surface area contributed by atoms with Crippen molar-refractivity contribution in [1.29, 1.82) is 0 Å². The van der Waals surface area contributed by atoms with Crippen molar-refractivity contribution in [2.45, 2.75) is 24.5 Å². The molecule has 3 aromatic heterocycles. The molecule has 4 heterocycles. The molecule has 0 radical (unpaired) electrons. The van der Waals surface area contributed by atoms with Crippen LogP contribution < -0.4 is 5.73 Å². The van der Waals surface area contributed by atoms with Crippen molar-refractivity contribution in [2.24, 2.45) is 0 Å². The number of aromatic amines is 1. The van der Waals surface area contributed by atoms with Crippen LogP contribution in [0.2, 0.25) is 0 Å². The molecule has 1 aliphatic heterocycles. The largest absolute Gasteiger partial charge is 0.394 e. The van der Waals surface area contributed by atoms with E-state index in [4.69, 9.17) is 10.5 Å². The maximum atomic E-state index is 10.3. The van der Waals surface area contributed by atoms with Crippen molar-refractivity contribution in [1.82, 2.24) is 24.7 Å². The summed E-state index contributed by atoms with van der Waals surface area (Å²) in [5.74, 6) is 0.273. The lowest BCUT2D eigenvalue weighted by atomic mass is 10.1. The standard InChI is InChI=1S/C14H16N6O4/c15-12-9-6(7-1-2-18-19-7)3-20(13(9)17-5-16-12)14-11(23)10(22)8(4-21)24-14/h1-3,5,8,10-11,14,21-23H,4H2,(H,18,19)(H2,15,16,17)/t8-,10-,11-,14-/m1/s1.